The zero-order valence-corrected chi connectivity index (χ0v) is 7.79. The van der Waals surface area contributed by atoms with Gasteiger partial charge in [0.25, 0.3) is 0 Å². The van der Waals surface area contributed by atoms with Gasteiger partial charge in [-0.2, -0.15) is 0 Å². The largest absolute Gasteiger partial charge is 0.466 e. The third-order valence-electron chi connectivity index (χ3n) is 2.23. The maximum absolute atomic E-state index is 11.0. The summed E-state index contributed by atoms with van der Waals surface area (Å²) in [6.45, 7) is 0. The third-order valence-corrected chi connectivity index (χ3v) is 2.23. The highest BCUT2D eigenvalue weighted by Gasteiger charge is 2.16. The monoisotopic (exact) mass is 182 g/mol. The number of hydrogen-bond donors (Lipinski definition) is 0. The number of methoxy groups -OCH3 is 1. The number of carbonyl (C=O) groups is 2. The smallest absolute Gasteiger partial charge is 0.330 e. The Morgan fingerprint density at radius 2 is 2.38 bits per heavy atom. The van der Waals surface area contributed by atoms with Crippen LogP contribution >= 0.6 is 0 Å². The van der Waals surface area contributed by atoms with E-state index in [1.165, 1.54) is 13.2 Å². The molecule has 3 nitrogen and oxygen atoms in total. The topological polar surface area (TPSA) is 43.4 Å². The van der Waals surface area contributed by atoms with Gasteiger partial charge in [-0.05, 0) is 18.8 Å². The first-order chi connectivity index (χ1) is 6.22. The molecule has 0 N–H and O–H groups in total. The number of carbonyl (C=O) groups excluding carboxylic acids is 2. The summed E-state index contributed by atoms with van der Waals surface area (Å²) < 4.78 is 4.46. The molecule has 0 radical (unpaired) electrons. The molecule has 1 aliphatic carbocycles. The van der Waals surface area contributed by atoms with Crippen molar-refractivity contribution in [1.82, 2.24) is 0 Å². The zero-order valence-electron chi connectivity index (χ0n) is 7.79. The van der Waals surface area contributed by atoms with Gasteiger partial charge in [-0.15, -0.1) is 0 Å². The SMILES string of the molecule is COC(=O)/C=C/C1CCCC(=O)C1. The fraction of sp³-hybridized carbons (Fsp3) is 0.600. The maximum atomic E-state index is 11.0. The van der Waals surface area contributed by atoms with Crippen molar-refractivity contribution in [1.29, 1.82) is 0 Å². The Labute approximate surface area is 77.8 Å². The lowest BCUT2D eigenvalue weighted by atomic mass is 9.88. The summed E-state index contributed by atoms with van der Waals surface area (Å²) in [4.78, 5) is 21.8. The van der Waals surface area contributed by atoms with E-state index in [9.17, 15) is 9.59 Å². The predicted octanol–water partition coefficient (Wildman–Crippen LogP) is 1.47. The normalized spacial score (nSPS) is 23.5. The summed E-state index contributed by atoms with van der Waals surface area (Å²) >= 11 is 0. The van der Waals surface area contributed by atoms with Crippen molar-refractivity contribution in [3.8, 4) is 0 Å². The van der Waals surface area contributed by atoms with E-state index in [0.717, 1.165) is 12.8 Å². The highest BCUT2D eigenvalue weighted by Crippen LogP contribution is 2.22. The van der Waals surface area contributed by atoms with E-state index >= 15 is 0 Å². The third kappa shape index (κ3) is 3.40. The van der Waals surface area contributed by atoms with Crippen LogP contribution in [0.25, 0.3) is 0 Å². The molecule has 1 rings (SSSR count). The van der Waals surface area contributed by atoms with Gasteiger partial charge in [0, 0.05) is 18.9 Å². The second kappa shape index (κ2) is 4.80. The van der Waals surface area contributed by atoms with Crippen LogP contribution in [0.3, 0.4) is 0 Å². The molecule has 1 saturated carbocycles. The molecule has 0 amide bonds. The van der Waals surface area contributed by atoms with Crippen LogP contribution in [0, 0.1) is 5.92 Å². The Hall–Kier alpha value is -1.12. The highest BCUT2D eigenvalue weighted by molar-refractivity contribution is 5.82. The van der Waals surface area contributed by atoms with E-state index in [2.05, 4.69) is 4.74 Å². The fourth-order valence-electron chi connectivity index (χ4n) is 1.50. The molecular weight excluding hydrogens is 168 g/mol. The molecule has 0 heterocycles. The van der Waals surface area contributed by atoms with E-state index in [1.807, 2.05) is 0 Å². The van der Waals surface area contributed by atoms with E-state index < -0.39 is 0 Å². The van der Waals surface area contributed by atoms with Gasteiger partial charge in [-0.1, -0.05) is 6.08 Å². The number of ketones is 1. The van der Waals surface area contributed by atoms with E-state index in [-0.39, 0.29) is 11.9 Å². The molecule has 1 unspecified atom stereocenters. The van der Waals surface area contributed by atoms with Gasteiger partial charge in [-0.25, -0.2) is 4.79 Å². The van der Waals surface area contributed by atoms with E-state index in [1.54, 1.807) is 6.08 Å². The average Bonchev–Trinajstić information content (AvgIpc) is 2.14. The van der Waals surface area contributed by atoms with E-state index in [0.29, 0.717) is 18.6 Å². The van der Waals surface area contributed by atoms with Gasteiger partial charge in [0.15, 0.2) is 0 Å². The van der Waals surface area contributed by atoms with Gasteiger partial charge < -0.3 is 4.74 Å². The van der Waals surface area contributed by atoms with Crippen LogP contribution in [0.2, 0.25) is 0 Å². The Morgan fingerprint density at radius 1 is 1.62 bits per heavy atom. The summed E-state index contributed by atoms with van der Waals surface area (Å²) in [7, 11) is 1.35. The van der Waals surface area contributed by atoms with Crippen LogP contribution in [-0.4, -0.2) is 18.9 Å². The number of hydrogen-bond acceptors (Lipinski definition) is 3. The molecule has 0 aromatic heterocycles. The fourth-order valence-corrected chi connectivity index (χ4v) is 1.50. The van der Waals surface area contributed by atoms with E-state index in [4.69, 9.17) is 0 Å². The number of esters is 1. The molecule has 0 spiro atoms. The number of allylic oxidation sites excluding steroid dienone is 1. The van der Waals surface area contributed by atoms with Gasteiger partial charge in [0.2, 0.25) is 0 Å². The molecule has 0 aliphatic heterocycles. The Kier molecular flexibility index (Phi) is 3.68. The van der Waals surface area contributed by atoms with Crippen molar-refractivity contribution >= 4 is 11.8 Å². The van der Waals surface area contributed by atoms with Crippen molar-refractivity contribution in [3.63, 3.8) is 0 Å². The molecule has 0 saturated heterocycles. The second-order valence-corrected chi connectivity index (χ2v) is 3.28. The van der Waals surface area contributed by atoms with Crippen molar-refractivity contribution < 1.29 is 14.3 Å². The molecule has 0 bridgehead atoms. The van der Waals surface area contributed by atoms with Crippen LogP contribution in [-0.2, 0) is 14.3 Å². The number of ether oxygens (including phenoxy) is 1. The minimum Gasteiger partial charge on any atom is -0.466 e. The lowest BCUT2D eigenvalue weighted by Crippen LogP contribution is -2.13. The minimum atomic E-state index is -0.349. The van der Waals surface area contributed by atoms with Gasteiger partial charge in [-0.3, -0.25) is 4.79 Å². The zero-order chi connectivity index (χ0) is 9.68. The van der Waals surface area contributed by atoms with Crippen LogP contribution in [0.5, 0.6) is 0 Å². The summed E-state index contributed by atoms with van der Waals surface area (Å²) in [6, 6.07) is 0. The first-order valence-electron chi connectivity index (χ1n) is 4.50. The van der Waals surface area contributed by atoms with Gasteiger partial charge in [0.05, 0.1) is 7.11 Å². The lowest BCUT2D eigenvalue weighted by molar-refractivity contribution is -0.135. The molecule has 0 aromatic rings. The van der Waals surface area contributed by atoms with Crippen molar-refractivity contribution in [2.24, 2.45) is 5.92 Å². The molecule has 13 heavy (non-hydrogen) atoms. The summed E-state index contributed by atoms with van der Waals surface area (Å²) in [6.07, 6.45) is 6.40. The summed E-state index contributed by atoms with van der Waals surface area (Å²) in [5, 5.41) is 0. The van der Waals surface area contributed by atoms with Crippen molar-refractivity contribution in [2.75, 3.05) is 7.11 Å². The second-order valence-electron chi connectivity index (χ2n) is 3.28. The summed E-state index contributed by atoms with van der Waals surface area (Å²) in [5.74, 6) is 0.184. The predicted molar refractivity (Wildman–Crippen MR) is 48.1 cm³/mol. The van der Waals surface area contributed by atoms with Crippen LogP contribution in [0.1, 0.15) is 25.7 Å². The number of rotatable bonds is 2. The molecule has 1 aliphatic rings. The number of Topliss-reactive ketones (excluding diaryl/α,β-unsaturated/α-hetero) is 1. The van der Waals surface area contributed by atoms with Crippen LogP contribution in [0.15, 0.2) is 12.2 Å². The quantitative estimate of drug-likeness (QED) is 0.480. The van der Waals surface area contributed by atoms with Crippen molar-refractivity contribution in [2.45, 2.75) is 25.7 Å². The molecular formula is C10H14O3. The van der Waals surface area contributed by atoms with Crippen LogP contribution < -0.4 is 0 Å². The molecule has 1 fully saturated rings. The van der Waals surface area contributed by atoms with Crippen LogP contribution in [0.4, 0.5) is 0 Å². The van der Waals surface area contributed by atoms with Gasteiger partial charge >= 0.3 is 5.97 Å². The Bertz CT molecular complexity index is 230. The first-order valence-corrected chi connectivity index (χ1v) is 4.50. The first kappa shape index (κ1) is 9.96. The minimum absolute atomic E-state index is 0.236. The maximum Gasteiger partial charge on any atom is 0.330 e. The molecule has 72 valence electrons. The van der Waals surface area contributed by atoms with Crippen molar-refractivity contribution in [3.05, 3.63) is 12.2 Å². The average molecular weight is 182 g/mol. The highest BCUT2D eigenvalue weighted by atomic mass is 16.5. The Morgan fingerprint density at radius 3 is 3.00 bits per heavy atom. The molecule has 0 aromatic carbocycles. The molecule has 3 heteroatoms. The Balaban J connectivity index is 2.39. The lowest BCUT2D eigenvalue weighted by Gasteiger charge is -2.16. The standard InChI is InChI=1S/C10H14O3/c1-13-10(12)6-5-8-3-2-4-9(11)7-8/h5-6,8H,2-4,7H2,1H3/b6-5+. The van der Waals surface area contributed by atoms with Gasteiger partial charge in [0.1, 0.15) is 5.78 Å². The molecule has 1 atom stereocenters. The summed E-state index contributed by atoms with van der Waals surface area (Å²) in [5.41, 5.74) is 0.